The Balaban J connectivity index is 1.68. The third kappa shape index (κ3) is 2.44. The molecule has 0 radical (unpaired) electrons. The Morgan fingerprint density at radius 1 is 1.31 bits per heavy atom. The minimum absolute atomic E-state index is 0.0869. The summed E-state index contributed by atoms with van der Waals surface area (Å²) >= 11 is 0. The molecule has 0 bridgehead atoms. The molecule has 1 aromatic heterocycles. The predicted molar refractivity (Wildman–Crippen MR) is 93.6 cm³/mol. The minimum Gasteiger partial charge on any atom is -0.481 e. The molecule has 1 aromatic rings. The van der Waals surface area contributed by atoms with Crippen LogP contribution in [0.4, 0.5) is 5.82 Å². The van der Waals surface area contributed by atoms with Crippen LogP contribution in [0, 0.1) is 22.7 Å². The van der Waals surface area contributed by atoms with Crippen LogP contribution in [0.15, 0.2) is 6.07 Å². The molecule has 7 heteroatoms. The molecular formula is C19H22N4O3. The van der Waals surface area contributed by atoms with E-state index in [1.807, 2.05) is 11.0 Å². The maximum Gasteiger partial charge on any atom is 0.313 e. The van der Waals surface area contributed by atoms with Gasteiger partial charge in [-0.2, -0.15) is 5.26 Å². The third-order valence-corrected chi connectivity index (χ3v) is 6.18. The van der Waals surface area contributed by atoms with Crippen molar-refractivity contribution in [1.29, 1.82) is 5.26 Å². The van der Waals surface area contributed by atoms with Crippen molar-refractivity contribution >= 4 is 17.7 Å². The van der Waals surface area contributed by atoms with Crippen LogP contribution in [0.5, 0.6) is 0 Å². The molecule has 0 aromatic carbocycles. The number of nitrogens with zero attached hydrogens (tertiary/aromatic N) is 4. The van der Waals surface area contributed by atoms with Crippen molar-refractivity contribution in [2.45, 2.75) is 32.6 Å². The smallest absolute Gasteiger partial charge is 0.313 e. The normalized spacial score (nSPS) is 27.0. The molecule has 4 rings (SSSR count). The molecule has 3 heterocycles. The number of aromatic nitrogens is 1. The number of amides is 1. The van der Waals surface area contributed by atoms with Gasteiger partial charge in [0.1, 0.15) is 17.3 Å². The van der Waals surface area contributed by atoms with Crippen molar-refractivity contribution in [1.82, 2.24) is 9.88 Å². The fourth-order valence-corrected chi connectivity index (χ4v) is 4.71. The lowest BCUT2D eigenvalue weighted by atomic mass is 9.81. The van der Waals surface area contributed by atoms with Gasteiger partial charge in [0, 0.05) is 44.7 Å². The van der Waals surface area contributed by atoms with E-state index in [4.69, 9.17) is 4.98 Å². The molecule has 0 saturated carbocycles. The first-order valence-electron chi connectivity index (χ1n) is 9.11. The zero-order chi connectivity index (χ0) is 18.5. The number of anilines is 1. The first-order valence-corrected chi connectivity index (χ1v) is 9.11. The number of carboxylic acid groups (broad SMARTS) is 1. The SMILES string of the molecule is CC(=O)N1CC2CN(c3nc4c(cc3C#N)CCCC4)CC2(C(=O)O)C1. The van der Waals surface area contributed by atoms with Crippen LogP contribution in [0.2, 0.25) is 0 Å². The average Bonchev–Trinajstić information content (AvgIpc) is 3.16. The fraction of sp³-hybridized carbons (Fsp3) is 0.579. The summed E-state index contributed by atoms with van der Waals surface area (Å²) in [6, 6.07) is 4.17. The number of carbonyl (C=O) groups excluding carboxylic acids is 1. The highest BCUT2D eigenvalue weighted by molar-refractivity contribution is 5.82. The van der Waals surface area contributed by atoms with Gasteiger partial charge in [-0.15, -0.1) is 0 Å². The van der Waals surface area contributed by atoms with Gasteiger partial charge in [0.15, 0.2) is 0 Å². The summed E-state index contributed by atoms with van der Waals surface area (Å²) in [7, 11) is 0. The summed E-state index contributed by atoms with van der Waals surface area (Å²) in [5, 5.41) is 19.5. The number of carbonyl (C=O) groups is 2. The first kappa shape index (κ1) is 16.8. The molecule has 26 heavy (non-hydrogen) atoms. The highest BCUT2D eigenvalue weighted by Gasteiger charge is 2.58. The van der Waals surface area contributed by atoms with Gasteiger partial charge in [-0.1, -0.05) is 0 Å². The largest absolute Gasteiger partial charge is 0.481 e. The second-order valence-electron chi connectivity index (χ2n) is 7.72. The van der Waals surface area contributed by atoms with E-state index < -0.39 is 11.4 Å². The summed E-state index contributed by atoms with van der Waals surface area (Å²) in [5.41, 5.74) is 1.73. The predicted octanol–water partition coefficient (Wildman–Crippen LogP) is 1.20. The number of aryl methyl sites for hydroxylation is 2. The van der Waals surface area contributed by atoms with Gasteiger partial charge in [0.05, 0.1) is 5.56 Å². The van der Waals surface area contributed by atoms with Gasteiger partial charge in [-0.3, -0.25) is 9.59 Å². The van der Waals surface area contributed by atoms with E-state index in [0.29, 0.717) is 24.5 Å². The molecule has 2 aliphatic heterocycles. The van der Waals surface area contributed by atoms with Gasteiger partial charge in [0.2, 0.25) is 5.91 Å². The summed E-state index contributed by atoms with van der Waals surface area (Å²) in [6.45, 7) is 2.96. The van der Waals surface area contributed by atoms with Crippen LogP contribution in [0.25, 0.3) is 0 Å². The topological polar surface area (TPSA) is 97.5 Å². The zero-order valence-corrected chi connectivity index (χ0v) is 14.9. The van der Waals surface area contributed by atoms with Crippen molar-refractivity contribution in [2.75, 3.05) is 31.1 Å². The molecule has 3 aliphatic rings. The van der Waals surface area contributed by atoms with Crippen molar-refractivity contribution in [3.63, 3.8) is 0 Å². The quantitative estimate of drug-likeness (QED) is 0.857. The van der Waals surface area contributed by atoms with Crippen LogP contribution < -0.4 is 4.90 Å². The second-order valence-corrected chi connectivity index (χ2v) is 7.72. The second kappa shape index (κ2) is 5.97. The molecule has 136 valence electrons. The van der Waals surface area contributed by atoms with Crippen molar-refractivity contribution in [3.8, 4) is 6.07 Å². The molecular weight excluding hydrogens is 332 g/mol. The van der Waals surface area contributed by atoms with E-state index in [0.717, 1.165) is 36.9 Å². The number of hydrogen-bond donors (Lipinski definition) is 1. The molecule has 1 amide bonds. The standard InChI is InChI=1S/C19H22N4O3/c1-12(24)22-8-15-9-23(11-19(15,10-22)18(25)26)17-14(7-20)6-13-4-2-3-5-16(13)21-17/h6,15H,2-5,8-11H2,1H3,(H,25,26). The van der Waals surface area contributed by atoms with Gasteiger partial charge < -0.3 is 14.9 Å². The van der Waals surface area contributed by atoms with Gasteiger partial charge >= 0.3 is 5.97 Å². The number of nitriles is 1. The van der Waals surface area contributed by atoms with Crippen LogP contribution in [-0.4, -0.2) is 53.0 Å². The van der Waals surface area contributed by atoms with Crippen molar-refractivity contribution in [3.05, 3.63) is 22.9 Å². The molecule has 7 nitrogen and oxygen atoms in total. The van der Waals surface area contributed by atoms with E-state index in [-0.39, 0.29) is 24.9 Å². The molecule has 2 fully saturated rings. The van der Waals surface area contributed by atoms with Gasteiger partial charge in [0.25, 0.3) is 0 Å². The molecule has 2 atom stereocenters. The summed E-state index contributed by atoms with van der Waals surface area (Å²) in [4.78, 5) is 32.1. The maximum absolute atomic E-state index is 12.1. The van der Waals surface area contributed by atoms with Crippen molar-refractivity contribution in [2.24, 2.45) is 11.3 Å². The summed E-state index contributed by atoms with van der Waals surface area (Å²) in [6.07, 6.45) is 4.08. The van der Waals surface area contributed by atoms with Crippen LogP contribution >= 0.6 is 0 Å². The van der Waals surface area contributed by atoms with E-state index >= 15 is 0 Å². The Bertz CT molecular complexity index is 831. The Labute approximate surface area is 152 Å². The van der Waals surface area contributed by atoms with Crippen molar-refractivity contribution < 1.29 is 14.7 Å². The molecule has 2 unspecified atom stereocenters. The number of hydrogen-bond acceptors (Lipinski definition) is 5. The van der Waals surface area contributed by atoms with E-state index in [9.17, 15) is 20.0 Å². The maximum atomic E-state index is 12.1. The Morgan fingerprint density at radius 3 is 2.73 bits per heavy atom. The van der Waals surface area contributed by atoms with Gasteiger partial charge in [-0.25, -0.2) is 4.98 Å². The van der Waals surface area contributed by atoms with Gasteiger partial charge in [-0.05, 0) is 37.3 Å². The van der Waals surface area contributed by atoms with Crippen LogP contribution in [-0.2, 0) is 22.4 Å². The molecule has 1 aliphatic carbocycles. The molecule has 1 N–H and O–H groups in total. The Morgan fingerprint density at radius 2 is 2.08 bits per heavy atom. The lowest BCUT2D eigenvalue weighted by Gasteiger charge is -2.27. The van der Waals surface area contributed by atoms with Crippen LogP contribution in [0.1, 0.15) is 36.6 Å². The zero-order valence-electron chi connectivity index (χ0n) is 14.9. The van der Waals surface area contributed by atoms with E-state index in [2.05, 4.69) is 6.07 Å². The monoisotopic (exact) mass is 354 g/mol. The third-order valence-electron chi connectivity index (χ3n) is 6.18. The number of fused-ring (bicyclic) bond motifs is 2. The number of likely N-dealkylation sites (tertiary alicyclic amines) is 1. The fourth-order valence-electron chi connectivity index (χ4n) is 4.71. The number of rotatable bonds is 2. The summed E-state index contributed by atoms with van der Waals surface area (Å²) < 4.78 is 0. The minimum atomic E-state index is -0.976. The molecule has 2 saturated heterocycles. The van der Waals surface area contributed by atoms with E-state index in [1.165, 1.54) is 6.92 Å². The highest BCUT2D eigenvalue weighted by atomic mass is 16.4. The van der Waals surface area contributed by atoms with Crippen LogP contribution in [0.3, 0.4) is 0 Å². The average molecular weight is 354 g/mol. The number of aliphatic carboxylic acids is 1. The number of carboxylic acids is 1. The van der Waals surface area contributed by atoms with E-state index in [1.54, 1.807) is 4.90 Å². The first-order chi connectivity index (χ1) is 12.4. The lowest BCUT2D eigenvalue weighted by molar-refractivity contribution is -0.148. The molecule has 0 spiro atoms. The number of pyridine rings is 1. The Kier molecular flexibility index (Phi) is 3.87. The summed E-state index contributed by atoms with van der Waals surface area (Å²) in [5.74, 6) is -0.493. The lowest BCUT2D eigenvalue weighted by Crippen LogP contribution is -2.42. The Hall–Kier alpha value is -2.62. The highest BCUT2D eigenvalue weighted by Crippen LogP contribution is 2.44.